The molecule has 4 rings (SSSR count). The lowest BCUT2D eigenvalue weighted by Crippen LogP contribution is -2.33. The Labute approximate surface area is 176 Å². The number of benzene rings is 1. The number of hydrogen-bond donors (Lipinski definition) is 1. The summed E-state index contributed by atoms with van der Waals surface area (Å²) in [5.74, 6) is 0.763. The molecule has 1 atom stereocenters. The number of carbonyl (C=O) groups is 1. The molecule has 0 spiro atoms. The second-order valence-corrected chi connectivity index (χ2v) is 7.09. The Morgan fingerprint density at radius 3 is 2.77 bits per heavy atom. The molecular weight excluding hydrogens is 406 g/mol. The average Bonchev–Trinajstić information content (AvgIpc) is 3.43. The number of nitro groups is 1. The Balaban J connectivity index is 1.49. The van der Waals surface area contributed by atoms with E-state index in [9.17, 15) is 14.9 Å². The summed E-state index contributed by atoms with van der Waals surface area (Å²) < 4.78 is 7.13. The number of rotatable bonds is 6. The van der Waals surface area contributed by atoms with Gasteiger partial charge in [0.25, 0.3) is 5.91 Å². The normalized spacial score (nSPS) is 16.2. The first-order valence-corrected chi connectivity index (χ1v) is 9.50. The number of nitrogens with one attached hydrogen (secondary N) is 1. The van der Waals surface area contributed by atoms with Crippen molar-refractivity contribution in [2.24, 2.45) is 0 Å². The summed E-state index contributed by atoms with van der Waals surface area (Å²) in [6.07, 6.45) is 4.09. The van der Waals surface area contributed by atoms with Gasteiger partial charge in [-0.1, -0.05) is 30.3 Å². The van der Waals surface area contributed by atoms with Crippen LogP contribution in [0.4, 0.5) is 5.69 Å². The summed E-state index contributed by atoms with van der Waals surface area (Å²) >= 11 is 5.36. The van der Waals surface area contributed by atoms with Crippen LogP contribution in [0.25, 0.3) is 6.08 Å². The van der Waals surface area contributed by atoms with Crippen molar-refractivity contribution >= 4 is 35.0 Å². The molecule has 1 amide bonds. The fourth-order valence-electron chi connectivity index (χ4n) is 3.17. The topological polar surface area (TPSA) is 106 Å². The highest BCUT2D eigenvalue weighted by Crippen LogP contribution is 2.26. The first-order valence-electron chi connectivity index (χ1n) is 9.09. The van der Waals surface area contributed by atoms with Gasteiger partial charge in [-0.15, -0.1) is 0 Å². The summed E-state index contributed by atoms with van der Waals surface area (Å²) in [5.41, 5.74) is 1.20. The van der Waals surface area contributed by atoms with Gasteiger partial charge in [0.05, 0.1) is 17.5 Å². The molecule has 1 N–H and O–H groups in total. The number of amides is 1. The van der Waals surface area contributed by atoms with Gasteiger partial charge < -0.3 is 9.73 Å². The van der Waals surface area contributed by atoms with Crippen LogP contribution < -0.4 is 5.32 Å². The maximum atomic E-state index is 12.9. The Morgan fingerprint density at radius 1 is 1.30 bits per heavy atom. The van der Waals surface area contributed by atoms with E-state index in [1.54, 1.807) is 18.2 Å². The highest BCUT2D eigenvalue weighted by Gasteiger charge is 2.35. The highest BCUT2D eigenvalue weighted by atomic mass is 32.1. The van der Waals surface area contributed by atoms with Crippen LogP contribution in [-0.2, 0) is 11.3 Å². The first-order chi connectivity index (χ1) is 14.4. The molecule has 1 saturated heterocycles. The molecule has 0 saturated carbocycles. The van der Waals surface area contributed by atoms with Crippen LogP contribution >= 0.6 is 12.2 Å². The van der Waals surface area contributed by atoms with E-state index in [2.05, 4.69) is 10.4 Å². The summed E-state index contributed by atoms with van der Waals surface area (Å²) in [4.78, 5) is 24.7. The monoisotopic (exact) mass is 423 g/mol. The van der Waals surface area contributed by atoms with E-state index in [0.717, 1.165) is 5.56 Å². The van der Waals surface area contributed by atoms with Gasteiger partial charge in [0.1, 0.15) is 29.6 Å². The minimum Gasteiger partial charge on any atom is -0.460 e. The molecular formula is C20H17N5O4S. The van der Waals surface area contributed by atoms with Crippen molar-refractivity contribution in [2.75, 3.05) is 0 Å². The zero-order chi connectivity index (χ0) is 21.3. The fourth-order valence-corrected chi connectivity index (χ4v) is 3.52. The highest BCUT2D eigenvalue weighted by molar-refractivity contribution is 7.80. The minimum absolute atomic E-state index is 0.0919. The zero-order valence-electron chi connectivity index (χ0n) is 15.9. The van der Waals surface area contributed by atoms with Gasteiger partial charge in [0.2, 0.25) is 0 Å². The lowest BCUT2D eigenvalue weighted by atomic mass is 10.1. The molecule has 2 aromatic heterocycles. The van der Waals surface area contributed by atoms with E-state index < -0.39 is 4.92 Å². The molecule has 1 fully saturated rings. The number of aromatic nitrogens is 2. The molecule has 3 heterocycles. The van der Waals surface area contributed by atoms with E-state index in [4.69, 9.17) is 16.6 Å². The summed E-state index contributed by atoms with van der Waals surface area (Å²) in [6.45, 7) is 2.15. The summed E-state index contributed by atoms with van der Waals surface area (Å²) in [5, 5.41) is 18.0. The van der Waals surface area contributed by atoms with Crippen LogP contribution in [-0.4, -0.2) is 30.6 Å². The van der Waals surface area contributed by atoms with Crippen molar-refractivity contribution < 1.29 is 14.1 Å². The number of nitrogens with zero attached hydrogens (tertiary/aromatic N) is 4. The maximum Gasteiger partial charge on any atom is 0.307 e. The van der Waals surface area contributed by atoms with Gasteiger partial charge in [0.15, 0.2) is 5.11 Å². The predicted octanol–water partition coefficient (Wildman–Crippen LogP) is 3.25. The van der Waals surface area contributed by atoms with Crippen molar-refractivity contribution in [2.45, 2.75) is 19.5 Å². The van der Waals surface area contributed by atoms with Gasteiger partial charge in [-0.05, 0) is 36.8 Å². The molecule has 0 aliphatic carbocycles. The lowest BCUT2D eigenvalue weighted by molar-refractivity contribution is -0.385. The SMILES string of the molecule is CC(c1ccccc1)N1C(=O)/C(=C/c2ccc(Cn3cc([N+](=O)[O-])cn3)o2)NC1=S. The van der Waals surface area contributed by atoms with E-state index >= 15 is 0 Å². The molecule has 1 aliphatic heterocycles. The van der Waals surface area contributed by atoms with E-state index in [1.165, 1.54) is 22.0 Å². The molecule has 0 bridgehead atoms. The van der Waals surface area contributed by atoms with Crippen LogP contribution in [0.2, 0.25) is 0 Å². The molecule has 30 heavy (non-hydrogen) atoms. The van der Waals surface area contributed by atoms with Crippen LogP contribution in [0, 0.1) is 10.1 Å². The smallest absolute Gasteiger partial charge is 0.307 e. The standard InChI is InChI=1S/C20H17N5O4S/c1-13(14-5-3-2-4-6-14)24-19(26)18(22-20(24)30)9-16-7-8-17(29-16)12-23-11-15(10-21-23)25(27)28/h2-11,13H,12H2,1H3,(H,22,30)/b18-9-. The Hall–Kier alpha value is -3.79. The fraction of sp³-hybridized carbons (Fsp3) is 0.150. The molecule has 0 radical (unpaired) electrons. The number of hydrogen-bond acceptors (Lipinski definition) is 6. The van der Waals surface area contributed by atoms with Gasteiger partial charge in [-0.2, -0.15) is 5.10 Å². The molecule has 152 valence electrons. The van der Waals surface area contributed by atoms with E-state index in [1.807, 2.05) is 37.3 Å². The van der Waals surface area contributed by atoms with Crippen molar-refractivity contribution in [1.82, 2.24) is 20.0 Å². The number of carbonyl (C=O) groups excluding carboxylic acids is 1. The lowest BCUT2D eigenvalue weighted by Gasteiger charge is -2.23. The van der Waals surface area contributed by atoms with Gasteiger partial charge >= 0.3 is 5.69 Å². The average molecular weight is 423 g/mol. The van der Waals surface area contributed by atoms with Crippen molar-refractivity contribution in [3.8, 4) is 0 Å². The van der Waals surface area contributed by atoms with Crippen LogP contribution in [0.5, 0.6) is 0 Å². The van der Waals surface area contributed by atoms with Crippen molar-refractivity contribution in [1.29, 1.82) is 0 Å². The van der Waals surface area contributed by atoms with Crippen LogP contribution in [0.3, 0.4) is 0 Å². The quantitative estimate of drug-likeness (QED) is 0.281. The Bertz CT molecular complexity index is 1150. The maximum absolute atomic E-state index is 12.9. The largest absolute Gasteiger partial charge is 0.460 e. The molecule has 10 heteroatoms. The third kappa shape index (κ3) is 3.85. The molecule has 3 aromatic rings. The molecule has 9 nitrogen and oxygen atoms in total. The second kappa shape index (κ2) is 7.91. The van der Waals surface area contributed by atoms with Crippen LogP contribution in [0.1, 0.15) is 30.0 Å². The predicted molar refractivity (Wildman–Crippen MR) is 112 cm³/mol. The van der Waals surface area contributed by atoms with Gasteiger partial charge in [0, 0.05) is 6.08 Å². The second-order valence-electron chi connectivity index (χ2n) is 6.71. The van der Waals surface area contributed by atoms with Crippen LogP contribution in [0.15, 0.2) is 65.0 Å². The molecule has 1 aromatic carbocycles. The summed E-state index contributed by atoms with van der Waals surface area (Å²) in [6, 6.07) is 12.9. The number of thiocarbonyl (C=S) groups is 1. The Morgan fingerprint density at radius 2 is 2.07 bits per heavy atom. The van der Waals surface area contributed by atoms with E-state index in [-0.39, 0.29) is 24.2 Å². The first kappa shape index (κ1) is 19.5. The summed E-state index contributed by atoms with van der Waals surface area (Å²) in [7, 11) is 0. The third-order valence-corrected chi connectivity index (χ3v) is 4.99. The van der Waals surface area contributed by atoms with E-state index in [0.29, 0.717) is 22.3 Å². The zero-order valence-corrected chi connectivity index (χ0v) is 16.7. The number of furan rings is 1. The van der Waals surface area contributed by atoms with Crippen molar-refractivity contribution in [3.05, 3.63) is 87.8 Å². The van der Waals surface area contributed by atoms with Gasteiger partial charge in [-0.25, -0.2) is 0 Å². The van der Waals surface area contributed by atoms with Gasteiger partial charge in [-0.3, -0.25) is 24.5 Å². The molecule has 1 aliphatic rings. The minimum atomic E-state index is -0.510. The molecule has 1 unspecified atom stereocenters. The van der Waals surface area contributed by atoms with Crippen molar-refractivity contribution in [3.63, 3.8) is 0 Å². The Kier molecular flexibility index (Phi) is 5.15. The third-order valence-electron chi connectivity index (χ3n) is 4.70.